The van der Waals surface area contributed by atoms with Gasteiger partial charge in [0.1, 0.15) is 10.6 Å². The molecule has 0 saturated carbocycles. The summed E-state index contributed by atoms with van der Waals surface area (Å²) in [6, 6.07) is 18.2. The van der Waals surface area contributed by atoms with Crippen molar-refractivity contribution in [3.8, 4) is 11.1 Å². The van der Waals surface area contributed by atoms with E-state index in [2.05, 4.69) is 35.9 Å². The Hall–Kier alpha value is -2.92. The smallest absolute Gasteiger partial charge is 0.341 e. The van der Waals surface area contributed by atoms with Gasteiger partial charge in [0.25, 0.3) is 0 Å². The van der Waals surface area contributed by atoms with Gasteiger partial charge in [0.2, 0.25) is 0 Å². The van der Waals surface area contributed by atoms with Crippen LogP contribution in [-0.2, 0) is 4.74 Å². The van der Waals surface area contributed by atoms with Crippen molar-refractivity contribution in [2.45, 2.75) is 20.8 Å². The molecule has 0 atom stereocenters. The molecule has 1 aromatic heterocycles. The van der Waals surface area contributed by atoms with Gasteiger partial charge in [-0.25, -0.2) is 9.79 Å². The molecule has 0 saturated heterocycles. The molecule has 150 valence electrons. The fourth-order valence-electron chi connectivity index (χ4n) is 3.17. The maximum Gasteiger partial charge on any atom is 0.341 e. The number of nitrogens with zero attached hydrogens (tertiary/aromatic N) is 2. The lowest BCUT2D eigenvalue weighted by atomic mass is 10.0. The lowest BCUT2D eigenvalue weighted by Crippen LogP contribution is -2.21. The fraction of sp³-hybridized carbons (Fsp3) is 0.250. The van der Waals surface area contributed by atoms with E-state index in [1.165, 1.54) is 17.0 Å². The number of thiophene rings is 1. The number of aliphatic imine (C=N–C) groups is 1. The molecule has 4 nitrogen and oxygen atoms in total. The summed E-state index contributed by atoms with van der Waals surface area (Å²) in [4.78, 5) is 19.5. The van der Waals surface area contributed by atoms with Gasteiger partial charge in [0.15, 0.2) is 0 Å². The zero-order chi connectivity index (χ0) is 20.6. The van der Waals surface area contributed by atoms with Gasteiger partial charge in [-0.15, -0.1) is 11.3 Å². The van der Waals surface area contributed by atoms with E-state index in [4.69, 9.17) is 4.74 Å². The Bertz CT molecular complexity index is 958. The number of hydrogen-bond acceptors (Lipinski definition) is 5. The highest BCUT2D eigenvalue weighted by molar-refractivity contribution is 7.14. The number of benzene rings is 2. The molecule has 0 amide bonds. The summed E-state index contributed by atoms with van der Waals surface area (Å²) in [5.74, 6) is -0.336. The molecule has 0 unspecified atom stereocenters. The third kappa shape index (κ3) is 4.93. The summed E-state index contributed by atoms with van der Waals surface area (Å²) in [5.41, 5.74) is 4.56. The molecule has 0 radical (unpaired) electrons. The van der Waals surface area contributed by atoms with Gasteiger partial charge < -0.3 is 9.64 Å². The van der Waals surface area contributed by atoms with Crippen molar-refractivity contribution in [2.75, 3.05) is 24.6 Å². The number of anilines is 1. The first-order chi connectivity index (χ1) is 14.2. The van der Waals surface area contributed by atoms with Crippen molar-refractivity contribution in [3.63, 3.8) is 0 Å². The zero-order valence-electron chi connectivity index (χ0n) is 17.1. The first-order valence-corrected chi connectivity index (χ1v) is 10.8. The van der Waals surface area contributed by atoms with E-state index in [1.54, 1.807) is 6.21 Å². The van der Waals surface area contributed by atoms with Crippen LogP contribution in [0.1, 0.15) is 36.7 Å². The Balaban J connectivity index is 1.90. The topological polar surface area (TPSA) is 41.9 Å². The molecule has 0 aliphatic carbocycles. The average Bonchev–Trinajstić information content (AvgIpc) is 3.19. The molecule has 2 aromatic carbocycles. The van der Waals surface area contributed by atoms with E-state index >= 15 is 0 Å². The number of hydrogen-bond donors (Lipinski definition) is 0. The van der Waals surface area contributed by atoms with Gasteiger partial charge in [-0.2, -0.15) is 0 Å². The first kappa shape index (κ1) is 20.8. The minimum absolute atomic E-state index is 0.332. The van der Waals surface area contributed by atoms with Crippen molar-refractivity contribution in [2.24, 2.45) is 4.99 Å². The second-order valence-electron chi connectivity index (χ2n) is 6.44. The molecule has 0 spiro atoms. The second-order valence-corrected chi connectivity index (χ2v) is 7.30. The highest BCUT2D eigenvalue weighted by Gasteiger charge is 2.21. The Morgan fingerprint density at radius 2 is 1.72 bits per heavy atom. The lowest BCUT2D eigenvalue weighted by molar-refractivity contribution is 0.0529. The second kappa shape index (κ2) is 10.0. The SMILES string of the molecule is CCOC(=O)c1c(-c2ccccc2)csc1N=Cc1ccc(N(CC)CC)cc1. The van der Waals surface area contributed by atoms with Gasteiger partial charge in [0, 0.05) is 35.9 Å². The van der Waals surface area contributed by atoms with Crippen molar-refractivity contribution in [1.29, 1.82) is 0 Å². The summed E-state index contributed by atoms with van der Waals surface area (Å²) in [5, 5.41) is 2.63. The summed E-state index contributed by atoms with van der Waals surface area (Å²) in [6.07, 6.45) is 1.80. The molecule has 0 fully saturated rings. The fourth-order valence-corrected chi connectivity index (χ4v) is 4.07. The Kier molecular flexibility index (Phi) is 7.19. The van der Waals surface area contributed by atoms with Gasteiger partial charge in [-0.3, -0.25) is 0 Å². The van der Waals surface area contributed by atoms with E-state index in [0.29, 0.717) is 17.2 Å². The average molecular weight is 407 g/mol. The predicted octanol–water partition coefficient (Wildman–Crippen LogP) is 6.19. The standard InChI is InChI=1S/C24H26N2O2S/c1-4-26(5-2)20-14-12-18(13-15-20)16-25-23-22(24(27)28-6-3)21(17-29-23)19-10-8-7-9-11-19/h7-17H,4-6H2,1-3H3. The molecular formula is C24H26N2O2S. The highest BCUT2D eigenvalue weighted by Crippen LogP contribution is 2.38. The van der Waals surface area contributed by atoms with E-state index in [0.717, 1.165) is 29.8 Å². The van der Waals surface area contributed by atoms with Crippen LogP contribution < -0.4 is 4.90 Å². The number of ether oxygens (including phenoxy) is 1. The largest absolute Gasteiger partial charge is 0.462 e. The maximum atomic E-state index is 12.6. The van der Waals surface area contributed by atoms with Crippen molar-refractivity contribution >= 4 is 34.2 Å². The summed E-state index contributed by atoms with van der Waals surface area (Å²) >= 11 is 1.45. The molecule has 3 aromatic rings. The molecule has 1 heterocycles. The van der Waals surface area contributed by atoms with Crippen LogP contribution in [0.4, 0.5) is 10.7 Å². The van der Waals surface area contributed by atoms with Gasteiger partial charge in [-0.05, 0) is 44.0 Å². The molecule has 0 N–H and O–H groups in total. The van der Waals surface area contributed by atoms with Crippen LogP contribution in [0.15, 0.2) is 65.0 Å². The monoisotopic (exact) mass is 406 g/mol. The lowest BCUT2D eigenvalue weighted by Gasteiger charge is -2.20. The van der Waals surface area contributed by atoms with Gasteiger partial charge in [-0.1, -0.05) is 42.5 Å². The highest BCUT2D eigenvalue weighted by atomic mass is 32.1. The first-order valence-electron chi connectivity index (χ1n) is 9.91. The van der Waals surface area contributed by atoms with Crippen molar-refractivity contribution in [1.82, 2.24) is 0 Å². The van der Waals surface area contributed by atoms with Crippen molar-refractivity contribution in [3.05, 3.63) is 71.1 Å². The summed E-state index contributed by atoms with van der Waals surface area (Å²) in [7, 11) is 0. The third-order valence-corrected chi connectivity index (χ3v) is 5.57. The normalized spacial score (nSPS) is 11.0. The van der Waals surface area contributed by atoms with Crippen LogP contribution in [-0.4, -0.2) is 31.9 Å². The van der Waals surface area contributed by atoms with Gasteiger partial charge in [0.05, 0.1) is 6.61 Å². The minimum Gasteiger partial charge on any atom is -0.462 e. The third-order valence-electron chi connectivity index (χ3n) is 4.69. The van der Waals surface area contributed by atoms with Crippen LogP contribution in [0, 0.1) is 0 Å². The molecule has 3 rings (SSSR count). The van der Waals surface area contributed by atoms with Gasteiger partial charge >= 0.3 is 5.97 Å². The quantitative estimate of drug-likeness (QED) is 0.331. The van der Waals surface area contributed by atoms with Crippen LogP contribution in [0.5, 0.6) is 0 Å². The van der Waals surface area contributed by atoms with Crippen LogP contribution in [0.3, 0.4) is 0 Å². The molecule has 29 heavy (non-hydrogen) atoms. The molecule has 5 heteroatoms. The van der Waals surface area contributed by atoms with E-state index in [1.807, 2.05) is 54.8 Å². The van der Waals surface area contributed by atoms with Crippen molar-refractivity contribution < 1.29 is 9.53 Å². The van der Waals surface area contributed by atoms with E-state index in [9.17, 15) is 4.79 Å². The summed E-state index contributed by atoms with van der Waals surface area (Å²) in [6.45, 7) is 8.40. The Labute approximate surface area is 176 Å². The van der Waals surface area contributed by atoms with E-state index in [-0.39, 0.29) is 5.97 Å². The molecule has 0 bridgehead atoms. The Morgan fingerprint density at radius 3 is 2.34 bits per heavy atom. The zero-order valence-corrected chi connectivity index (χ0v) is 17.9. The number of rotatable bonds is 8. The molecule has 0 aliphatic heterocycles. The molecular weight excluding hydrogens is 380 g/mol. The van der Waals surface area contributed by atoms with Crippen LogP contribution >= 0.6 is 11.3 Å². The predicted molar refractivity (Wildman–Crippen MR) is 123 cm³/mol. The summed E-state index contributed by atoms with van der Waals surface area (Å²) < 4.78 is 5.30. The maximum absolute atomic E-state index is 12.6. The number of esters is 1. The number of carbonyl (C=O) groups excluding carboxylic acids is 1. The molecule has 0 aliphatic rings. The number of carbonyl (C=O) groups is 1. The van der Waals surface area contributed by atoms with Crippen LogP contribution in [0.2, 0.25) is 0 Å². The Morgan fingerprint density at radius 1 is 1.03 bits per heavy atom. The van der Waals surface area contributed by atoms with E-state index < -0.39 is 0 Å². The van der Waals surface area contributed by atoms with Crippen LogP contribution in [0.25, 0.3) is 11.1 Å². The minimum atomic E-state index is -0.336.